The van der Waals surface area contributed by atoms with Gasteiger partial charge in [-0.25, -0.2) is 4.79 Å². The van der Waals surface area contributed by atoms with Crippen molar-refractivity contribution >= 4 is 11.0 Å². The lowest BCUT2D eigenvalue weighted by Gasteiger charge is -2.03. The summed E-state index contributed by atoms with van der Waals surface area (Å²) in [5.74, 6) is 0. The zero-order valence-corrected chi connectivity index (χ0v) is 9.05. The van der Waals surface area contributed by atoms with Gasteiger partial charge in [0.2, 0.25) is 0 Å². The van der Waals surface area contributed by atoms with Crippen molar-refractivity contribution in [2.75, 3.05) is 19.6 Å². The molecule has 0 bridgehead atoms. The van der Waals surface area contributed by atoms with Crippen LogP contribution in [0.25, 0.3) is 11.0 Å². The van der Waals surface area contributed by atoms with Crippen molar-refractivity contribution in [1.29, 1.82) is 0 Å². The summed E-state index contributed by atoms with van der Waals surface area (Å²) in [6, 6.07) is 5.94. The minimum Gasteiger partial charge on any atom is -0.329 e. The van der Waals surface area contributed by atoms with E-state index in [2.05, 4.69) is 15.3 Å². The van der Waals surface area contributed by atoms with E-state index in [1.807, 2.05) is 18.2 Å². The van der Waals surface area contributed by atoms with Crippen molar-refractivity contribution in [1.82, 2.24) is 15.3 Å². The molecule has 0 aliphatic heterocycles. The van der Waals surface area contributed by atoms with Crippen LogP contribution in [0.2, 0.25) is 0 Å². The third kappa shape index (κ3) is 2.50. The fourth-order valence-electron chi connectivity index (χ4n) is 1.69. The van der Waals surface area contributed by atoms with E-state index in [0.717, 1.165) is 30.5 Å². The minimum absolute atomic E-state index is 0.159. The predicted molar refractivity (Wildman–Crippen MR) is 64.5 cm³/mol. The van der Waals surface area contributed by atoms with Gasteiger partial charge in [0.1, 0.15) is 0 Å². The average Bonchev–Trinajstić information content (AvgIpc) is 2.64. The lowest BCUT2D eigenvalue weighted by atomic mass is 10.1. The monoisotopic (exact) mass is 220 g/mol. The number of aromatic nitrogens is 2. The highest BCUT2D eigenvalue weighted by atomic mass is 16.1. The highest BCUT2D eigenvalue weighted by molar-refractivity contribution is 5.74. The molecular weight excluding hydrogens is 204 g/mol. The van der Waals surface area contributed by atoms with Crippen molar-refractivity contribution in [3.8, 4) is 0 Å². The van der Waals surface area contributed by atoms with Crippen molar-refractivity contribution in [2.24, 2.45) is 5.73 Å². The third-order valence-electron chi connectivity index (χ3n) is 2.49. The summed E-state index contributed by atoms with van der Waals surface area (Å²) in [5.41, 5.74) is 8.13. The van der Waals surface area contributed by atoms with Gasteiger partial charge in [-0.15, -0.1) is 0 Å². The van der Waals surface area contributed by atoms with E-state index in [1.165, 1.54) is 5.56 Å². The van der Waals surface area contributed by atoms with Gasteiger partial charge in [0, 0.05) is 13.1 Å². The fourth-order valence-corrected chi connectivity index (χ4v) is 1.69. The molecule has 0 saturated carbocycles. The van der Waals surface area contributed by atoms with Crippen molar-refractivity contribution < 1.29 is 0 Å². The predicted octanol–water partition coefficient (Wildman–Crippen LogP) is -0.0530. The maximum Gasteiger partial charge on any atom is 0.323 e. The number of hydrogen-bond donors (Lipinski definition) is 4. The normalized spacial score (nSPS) is 11.1. The Morgan fingerprint density at radius 2 is 2.00 bits per heavy atom. The van der Waals surface area contributed by atoms with E-state index in [9.17, 15) is 4.79 Å². The molecule has 0 unspecified atom stereocenters. The van der Waals surface area contributed by atoms with Crippen LogP contribution >= 0.6 is 0 Å². The van der Waals surface area contributed by atoms with Gasteiger partial charge in [-0.3, -0.25) is 0 Å². The molecule has 0 amide bonds. The molecule has 1 aromatic heterocycles. The summed E-state index contributed by atoms with van der Waals surface area (Å²) in [7, 11) is 0. The number of aromatic amines is 2. The first-order chi connectivity index (χ1) is 7.79. The van der Waals surface area contributed by atoms with Crippen LogP contribution in [-0.2, 0) is 6.42 Å². The topological polar surface area (TPSA) is 86.7 Å². The fraction of sp³-hybridized carbons (Fsp3) is 0.364. The highest BCUT2D eigenvalue weighted by Crippen LogP contribution is 2.10. The second kappa shape index (κ2) is 4.96. The maximum atomic E-state index is 11.1. The quantitative estimate of drug-likeness (QED) is 0.533. The number of benzene rings is 1. The molecule has 0 spiro atoms. The lowest BCUT2D eigenvalue weighted by molar-refractivity contribution is 0.689. The van der Waals surface area contributed by atoms with Crippen LogP contribution < -0.4 is 16.7 Å². The Kier molecular flexibility index (Phi) is 3.38. The molecule has 1 aromatic carbocycles. The third-order valence-corrected chi connectivity index (χ3v) is 2.49. The number of nitrogens with one attached hydrogen (secondary N) is 3. The second-order valence-electron chi connectivity index (χ2n) is 3.75. The molecule has 2 rings (SSSR count). The number of H-pyrrole nitrogens is 2. The first-order valence-corrected chi connectivity index (χ1v) is 5.41. The molecule has 2 aromatic rings. The van der Waals surface area contributed by atoms with E-state index < -0.39 is 0 Å². The smallest absolute Gasteiger partial charge is 0.323 e. The summed E-state index contributed by atoms with van der Waals surface area (Å²) in [5, 5.41) is 3.23. The second-order valence-corrected chi connectivity index (χ2v) is 3.75. The largest absolute Gasteiger partial charge is 0.329 e. The van der Waals surface area contributed by atoms with E-state index in [1.54, 1.807) is 0 Å². The highest BCUT2D eigenvalue weighted by Gasteiger charge is 1.99. The van der Waals surface area contributed by atoms with Crippen LogP contribution in [0.5, 0.6) is 0 Å². The van der Waals surface area contributed by atoms with Gasteiger partial charge in [0.05, 0.1) is 11.0 Å². The van der Waals surface area contributed by atoms with Gasteiger partial charge in [0.25, 0.3) is 0 Å². The molecule has 0 fully saturated rings. The molecule has 5 N–H and O–H groups in total. The Hall–Kier alpha value is -1.59. The molecule has 0 aliphatic carbocycles. The van der Waals surface area contributed by atoms with Crippen LogP contribution in [0, 0.1) is 0 Å². The van der Waals surface area contributed by atoms with Gasteiger partial charge < -0.3 is 21.0 Å². The van der Waals surface area contributed by atoms with Crippen LogP contribution in [0.15, 0.2) is 23.0 Å². The minimum atomic E-state index is -0.159. The van der Waals surface area contributed by atoms with Crippen LogP contribution in [0.4, 0.5) is 0 Å². The first kappa shape index (κ1) is 10.9. The lowest BCUT2D eigenvalue weighted by Crippen LogP contribution is -2.24. The summed E-state index contributed by atoms with van der Waals surface area (Å²) in [4.78, 5) is 16.5. The molecular formula is C11H16N4O. The first-order valence-electron chi connectivity index (χ1n) is 5.41. The number of imidazole rings is 1. The number of hydrogen-bond acceptors (Lipinski definition) is 3. The maximum absolute atomic E-state index is 11.1. The summed E-state index contributed by atoms with van der Waals surface area (Å²) >= 11 is 0. The summed E-state index contributed by atoms with van der Waals surface area (Å²) in [6.07, 6.45) is 0.934. The van der Waals surface area contributed by atoms with E-state index >= 15 is 0 Å². The molecule has 16 heavy (non-hydrogen) atoms. The van der Waals surface area contributed by atoms with E-state index in [-0.39, 0.29) is 5.69 Å². The van der Waals surface area contributed by atoms with Gasteiger partial charge in [-0.1, -0.05) is 6.07 Å². The molecule has 5 heteroatoms. The Morgan fingerprint density at radius 1 is 1.19 bits per heavy atom. The number of rotatable bonds is 5. The molecule has 5 nitrogen and oxygen atoms in total. The molecule has 0 saturated heterocycles. The van der Waals surface area contributed by atoms with E-state index in [0.29, 0.717) is 6.54 Å². The Labute approximate surface area is 93.1 Å². The van der Waals surface area contributed by atoms with Gasteiger partial charge >= 0.3 is 5.69 Å². The Balaban J connectivity index is 2.04. The molecule has 0 radical (unpaired) electrons. The Morgan fingerprint density at radius 3 is 2.81 bits per heavy atom. The number of nitrogens with two attached hydrogens (primary N) is 1. The zero-order valence-electron chi connectivity index (χ0n) is 9.05. The van der Waals surface area contributed by atoms with Gasteiger partial charge in [-0.05, 0) is 30.7 Å². The average molecular weight is 220 g/mol. The summed E-state index contributed by atoms with van der Waals surface area (Å²) < 4.78 is 0. The van der Waals surface area contributed by atoms with Gasteiger partial charge in [0.15, 0.2) is 0 Å². The zero-order chi connectivity index (χ0) is 11.4. The standard InChI is InChI=1S/C11H16N4O/c12-4-6-13-5-3-8-1-2-9-10(7-8)15-11(16)14-9/h1-2,7,13H,3-6,12H2,(H2,14,15,16). The Bertz CT molecular complexity index is 514. The summed E-state index contributed by atoms with van der Waals surface area (Å²) in [6.45, 7) is 2.39. The van der Waals surface area contributed by atoms with Crippen molar-refractivity contribution in [3.05, 3.63) is 34.2 Å². The number of fused-ring (bicyclic) bond motifs is 1. The molecule has 86 valence electrons. The van der Waals surface area contributed by atoms with Gasteiger partial charge in [-0.2, -0.15) is 0 Å². The van der Waals surface area contributed by atoms with Crippen molar-refractivity contribution in [3.63, 3.8) is 0 Å². The SMILES string of the molecule is NCCNCCc1ccc2[nH]c(=O)[nH]c2c1. The molecule has 0 atom stereocenters. The van der Waals surface area contributed by atoms with Crippen LogP contribution in [-0.4, -0.2) is 29.6 Å². The van der Waals surface area contributed by atoms with Crippen molar-refractivity contribution in [2.45, 2.75) is 6.42 Å². The van der Waals surface area contributed by atoms with E-state index in [4.69, 9.17) is 5.73 Å². The molecule has 1 heterocycles. The van der Waals surface area contributed by atoms with Crippen LogP contribution in [0.1, 0.15) is 5.56 Å². The van der Waals surface area contributed by atoms with Crippen LogP contribution in [0.3, 0.4) is 0 Å². The molecule has 0 aliphatic rings.